The normalized spacial score (nSPS) is 21.6. The van der Waals surface area contributed by atoms with E-state index in [1.54, 1.807) is 12.1 Å². The second-order valence-electron chi connectivity index (χ2n) is 7.03. The zero-order valence-electron chi connectivity index (χ0n) is 15.7. The highest BCUT2D eigenvalue weighted by Gasteiger charge is 2.46. The van der Waals surface area contributed by atoms with E-state index >= 15 is 0 Å². The van der Waals surface area contributed by atoms with Gasteiger partial charge in [0, 0.05) is 12.1 Å². The highest BCUT2D eigenvalue weighted by molar-refractivity contribution is 6.03. The number of benzene rings is 2. The molecule has 2 aromatic carbocycles. The lowest BCUT2D eigenvalue weighted by Gasteiger charge is -2.25. The predicted octanol–water partition coefficient (Wildman–Crippen LogP) is 1.32. The number of nitrogens with two attached hydrogens (primary N) is 1. The van der Waals surface area contributed by atoms with Crippen LogP contribution >= 0.6 is 0 Å². The molecule has 3 atom stereocenters. The van der Waals surface area contributed by atoms with E-state index in [0.29, 0.717) is 5.56 Å². The van der Waals surface area contributed by atoms with Gasteiger partial charge in [-0.05, 0) is 29.2 Å². The van der Waals surface area contributed by atoms with Crippen LogP contribution in [-0.4, -0.2) is 51.8 Å². The van der Waals surface area contributed by atoms with Crippen molar-refractivity contribution >= 4 is 11.8 Å². The van der Waals surface area contributed by atoms with Crippen molar-refractivity contribution in [1.29, 1.82) is 0 Å². The molecule has 7 heteroatoms. The van der Waals surface area contributed by atoms with Crippen LogP contribution in [0.2, 0.25) is 0 Å². The molecule has 3 rings (SSSR count). The smallest absolute Gasteiger partial charge is 0.268 e. The van der Waals surface area contributed by atoms with Crippen LogP contribution in [0.5, 0.6) is 0 Å². The highest BCUT2D eigenvalue weighted by Crippen LogP contribution is 2.28. The maximum Gasteiger partial charge on any atom is 0.268 e. The minimum atomic E-state index is -1.25. The minimum absolute atomic E-state index is 0.0157. The number of rotatable bonds is 5. The summed E-state index contributed by atoms with van der Waals surface area (Å²) in [6.07, 6.45) is 0.791. The number of carbonyl (C=O) groups is 2. The van der Waals surface area contributed by atoms with Gasteiger partial charge in [-0.2, -0.15) is 0 Å². The van der Waals surface area contributed by atoms with Gasteiger partial charge in [0.1, 0.15) is 12.1 Å². The molecule has 0 spiro atoms. The number of likely N-dealkylation sites (tertiary alicyclic amines) is 1. The molecule has 2 aromatic rings. The summed E-state index contributed by atoms with van der Waals surface area (Å²) in [7, 11) is 0. The topological polar surface area (TPSA) is 116 Å². The number of aliphatic hydroxyl groups is 1. The lowest BCUT2D eigenvalue weighted by molar-refractivity contribution is -0.135. The average Bonchev–Trinajstić information content (AvgIpc) is 3.02. The Kier molecular flexibility index (Phi) is 6.08. The fourth-order valence-electron chi connectivity index (χ4n) is 3.65. The van der Waals surface area contributed by atoms with Crippen LogP contribution in [0.3, 0.4) is 0 Å². The van der Waals surface area contributed by atoms with Crippen LogP contribution in [0.15, 0.2) is 48.5 Å². The van der Waals surface area contributed by atoms with E-state index in [1.165, 1.54) is 15.9 Å². The van der Waals surface area contributed by atoms with Crippen molar-refractivity contribution in [3.05, 3.63) is 59.7 Å². The molecule has 0 bridgehead atoms. The lowest BCUT2D eigenvalue weighted by Crippen LogP contribution is -2.50. The van der Waals surface area contributed by atoms with Gasteiger partial charge in [0.25, 0.3) is 11.8 Å². The molecule has 7 nitrogen and oxygen atoms in total. The van der Waals surface area contributed by atoms with Crippen molar-refractivity contribution in [3.8, 4) is 11.1 Å². The van der Waals surface area contributed by atoms with Gasteiger partial charge in [-0.1, -0.05) is 55.8 Å². The molecule has 1 saturated heterocycles. The highest BCUT2D eigenvalue weighted by atomic mass is 16.5. The van der Waals surface area contributed by atoms with Gasteiger partial charge < -0.3 is 15.7 Å². The molecule has 0 unspecified atom stereocenters. The van der Waals surface area contributed by atoms with Gasteiger partial charge in [-0.3, -0.25) is 14.8 Å². The van der Waals surface area contributed by atoms with Crippen LogP contribution < -0.4 is 11.2 Å². The summed E-state index contributed by atoms with van der Waals surface area (Å²) in [5.41, 5.74) is 10.6. The van der Waals surface area contributed by atoms with Gasteiger partial charge in [0.05, 0.1) is 6.04 Å². The second-order valence-corrected chi connectivity index (χ2v) is 7.03. The third-order valence-electron chi connectivity index (χ3n) is 5.11. The van der Waals surface area contributed by atoms with Crippen molar-refractivity contribution in [2.75, 3.05) is 6.54 Å². The van der Waals surface area contributed by atoms with E-state index < -0.39 is 30.0 Å². The third-order valence-corrected chi connectivity index (χ3v) is 5.11. The van der Waals surface area contributed by atoms with Crippen LogP contribution in [-0.2, 0) is 11.2 Å². The predicted molar refractivity (Wildman–Crippen MR) is 105 cm³/mol. The van der Waals surface area contributed by atoms with Crippen molar-refractivity contribution in [2.24, 2.45) is 5.73 Å². The first-order chi connectivity index (χ1) is 13.5. The van der Waals surface area contributed by atoms with Crippen LogP contribution in [0.25, 0.3) is 11.1 Å². The number of hydrogen-bond acceptors (Lipinski definition) is 5. The Morgan fingerprint density at radius 2 is 1.86 bits per heavy atom. The Morgan fingerprint density at radius 1 is 1.18 bits per heavy atom. The molecule has 0 radical (unpaired) electrons. The number of carbonyl (C=O) groups excluding carboxylic acids is 2. The van der Waals surface area contributed by atoms with Crippen molar-refractivity contribution in [1.82, 2.24) is 10.4 Å². The fraction of sp³-hybridized carbons (Fsp3) is 0.333. The molecule has 1 heterocycles. The molecule has 0 aliphatic carbocycles. The average molecular weight is 383 g/mol. The molecule has 1 aliphatic rings. The minimum Gasteiger partial charge on any atom is -0.389 e. The van der Waals surface area contributed by atoms with Gasteiger partial charge in [-0.15, -0.1) is 0 Å². The van der Waals surface area contributed by atoms with Gasteiger partial charge in [-0.25, -0.2) is 5.48 Å². The number of nitrogens with zero attached hydrogens (tertiary/aromatic N) is 1. The molecular weight excluding hydrogens is 358 g/mol. The summed E-state index contributed by atoms with van der Waals surface area (Å²) in [5.74, 6) is -1.29. The molecule has 2 amide bonds. The van der Waals surface area contributed by atoms with Crippen molar-refractivity contribution < 1.29 is 19.9 Å². The molecule has 1 aliphatic heterocycles. The molecule has 148 valence electrons. The zero-order chi connectivity index (χ0) is 20.3. The monoisotopic (exact) mass is 383 g/mol. The summed E-state index contributed by atoms with van der Waals surface area (Å²) in [6, 6.07) is 13.1. The maximum absolute atomic E-state index is 13.2. The van der Waals surface area contributed by atoms with E-state index in [9.17, 15) is 14.7 Å². The number of amides is 2. The number of hydroxylamine groups is 1. The van der Waals surface area contributed by atoms with Crippen molar-refractivity contribution in [2.45, 2.75) is 38.0 Å². The van der Waals surface area contributed by atoms with Crippen molar-refractivity contribution in [3.63, 3.8) is 0 Å². The van der Waals surface area contributed by atoms with E-state index in [2.05, 4.69) is 6.92 Å². The van der Waals surface area contributed by atoms with E-state index in [4.69, 9.17) is 10.9 Å². The first kappa shape index (κ1) is 20.0. The van der Waals surface area contributed by atoms with E-state index in [0.717, 1.165) is 24.0 Å². The lowest BCUT2D eigenvalue weighted by atomic mass is 9.97. The quantitative estimate of drug-likeness (QED) is 0.459. The number of aryl methyl sites for hydroxylation is 1. The fourth-order valence-corrected chi connectivity index (χ4v) is 3.65. The number of aliphatic hydroxyl groups excluding tert-OH is 1. The molecule has 0 aromatic heterocycles. The molecule has 5 N–H and O–H groups in total. The first-order valence-corrected chi connectivity index (χ1v) is 9.34. The molecule has 28 heavy (non-hydrogen) atoms. The maximum atomic E-state index is 13.2. The Labute approximate surface area is 163 Å². The van der Waals surface area contributed by atoms with E-state index in [1.807, 2.05) is 36.4 Å². The summed E-state index contributed by atoms with van der Waals surface area (Å²) in [6.45, 7) is 2.14. The van der Waals surface area contributed by atoms with Crippen LogP contribution in [0, 0.1) is 0 Å². The number of nitrogens with one attached hydrogen (secondary N) is 1. The SMILES string of the molecule is CCCc1ccc(-c2ccccc2C(=O)N2C[C@H](N)[C@@H](O)[C@H]2C(=O)NO)cc1. The van der Waals surface area contributed by atoms with Gasteiger partial charge in [0.15, 0.2) is 0 Å². The largest absolute Gasteiger partial charge is 0.389 e. The third kappa shape index (κ3) is 3.77. The molecule has 1 fully saturated rings. The standard InChI is InChI=1S/C21H25N3O4/c1-2-5-13-8-10-14(11-9-13)15-6-3-4-7-16(15)21(27)24-12-17(22)19(25)18(24)20(26)23-28/h3-4,6-11,17-19,25,28H,2,5,12,22H2,1H3,(H,23,26)/t17-,18-,19+/m0/s1. The Hall–Kier alpha value is -2.74. The van der Waals surface area contributed by atoms with Gasteiger partial charge in [0.2, 0.25) is 0 Å². The first-order valence-electron chi connectivity index (χ1n) is 9.34. The Morgan fingerprint density at radius 3 is 2.50 bits per heavy atom. The van der Waals surface area contributed by atoms with Crippen LogP contribution in [0.1, 0.15) is 29.3 Å². The second kappa shape index (κ2) is 8.52. The Balaban J connectivity index is 1.95. The van der Waals surface area contributed by atoms with Gasteiger partial charge >= 0.3 is 0 Å². The molecular formula is C21H25N3O4. The zero-order valence-corrected chi connectivity index (χ0v) is 15.7. The molecule has 0 saturated carbocycles. The number of hydrogen-bond donors (Lipinski definition) is 4. The summed E-state index contributed by atoms with van der Waals surface area (Å²) in [5, 5.41) is 19.2. The summed E-state index contributed by atoms with van der Waals surface area (Å²) >= 11 is 0. The Bertz CT molecular complexity index is 853. The summed E-state index contributed by atoms with van der Waals surface area (Å²) in [4.78, 5) is 26.4. The van der Waals surface area contributed by atoms with E-state index in [-0.39, 0.29) is 6.54 Å². The summed E-state index contributed by atoms with van der Waals surface area (Å²) < 4.78 is 0. The van der Waals surface area contributed by atoms with Crippen LogP contribution in [0.4, 0.5) is 0 Å².